The maximum Gasteiger partial charge on any atom is 0.106 e. The smallest absolute Gasteiger partial charge is 0.106 e. The maximum atomic E-state index is 6.16. The maximum absolute atomic E-state index is 6.16. The summed E-state index contributed by atoms with van der Waals surface area (Å²) in [6.45, 7) is 12.0. The molecule has 1 atom stereocenters. The van der Waals surface area contributed by atoms with Crippen molar-refractivity contribution in [2.24, 2.45) is 5.73 Å². The van der Waals surface area contributed by atoms with Gasteiger partial charge in [0.25, 0.3) is 0 Å². The molecule has 1 unspecified atom stereocenters. The molecular weight excluding hydrogens is 186 g/mol. The Morgan fingerprint density at radius 3 is 2.33 bits per heavy atom. The predicted molar refractivity (Wildman–Crippen MR) is 63.9 cm³/mol. The summed E-state index contributed by atoms with van der Waals surface area (Å²) in [5.41, 5.74) is 9.71. The van der Waals surface area contributed by atoms with Crippen LogP contribution in [0.25, 0.3) is 0 Å². The van der Waals surface area contributed by atoms with Crippen molar-refractivity contribution in [2.75, 3.05) is 0 Å². The molecule has 15 heavy (non-hydrogen) atoms. The van der Waals surface area contributed by atoms with Gasteiger partial charge < -0.3 is 10.2 Å². The lowest BCUT2D eigenvalue weighted by Gasteiger charge is -2.12. The molecule has 0 spiro atoms. The lowest BCUT2D eigenvalue weighted by Crippen LogP contribution is -2.11. The molecule has 2 nitrogen and oxygen atoms in total. The Morgan fingerprint density at radius 1 is 1.33 bits per heavy atom. The van der Waals surface area contributed by atoms with E-state index in [0.717, 1.165) is 24.4 Å². The van der Waals surface area contributed by atoms with E-state index >= 15 is 0 Å². The standard InChI is InChI=1S/C13H21NO/c1-8(2)6-7-12(14)13-9(3)10(4)15-11(13)5/h12H,1,6-7,14H2,2-5H3. The Hall–Kier alpha value is -1.02. The van der Waals surface area contributed by atoms with Crippen LogP contribution in [0.2, 0.25) is 0 Å². The zero-order chi connectivity index (χ0) is 11.6. The highest BCUT2D eigenvalue weighted by Crippen LogP contribution is 2.28. The number of hydrogen-bond acceptors (Lipinski definition) is 2. The molecule has 0 bridgehead atoms. The van der Waals surface area contributed by atoms with Crippen LogP contribution in [0.3, 0.4) is 0 Å². The lowest BCUT2D eigenvalue weighted by atomic mass is 9.97. The molecule has 0 aromatic carbocycles. The van der Waals surface area contributed by atoms with Gasteiger partial charge in [0.1, 0.15) is 11.5 Å². The first-order chi connectivity index (χ1) is 6.93. The summed E-state index contributed by atoms with van der Waals surface area (Å²) in [7, 11) is 0. The van der Waals surface area contributed by atoms with Gasteiger partial charge in [-0.1, -0.05) is 5.57 Å². The number of hydrogen-bond donors (Lipinski definition) is 1. The van der Waals surface area contributed by atoms with Crippen molar-refractivity contribution < 1.29 is 4.42 Å². The first kappa shape index (κ1) is 12.1. The SMILES string of the molecule is C=C(C)CCC(N)c1c(C)oc(C)c1C. The molecule has 0 aliphatic carbocycles. The summed E-state index contributed by atoms with van der Waals surface area (Å²) >= 11 is 0. The second-order valence-electron chi connectivity index (χ2n) is 4.36. The van der Waals surface area contributed by atoms with Gasteiger partial charge in [-0.3, -0.25) is 0 Å². The van der Waals surface area contributed by atoms with Gasteiger partial charge in [0, 0.05) is 11.6 Å². The average Bonchev–Trinajstić information content (AvgIpc) is 2.37. The van der Waals surface area contributed by atoms with Crippen LogP contribution >= 0.6 is 0 Å². The minimum absolute atomic E-state index is 0.0687. The minimum Gasteiger partial charge on any atom is -0.466 e. The summed E-state index contributed by atoms with van der Waals surface area (Å²) in [5, 5.41) is 0. The van der Waals surface area contributed by atoms with E-state index in [1.807, 2.05) is 20.8 Å². The molecule has 84 valence electrons. The zero-order valence-electron chi connectivity index (χ0n) is 10.2. The molecule has 1 aromatic heterocycles. The normalized spacial score (nSPS) is 12.9. The molecule has 2 N–H and O–H groups in total. The topological polar surface area (TPSA) is 39.2 Å². The molecule has 1 aromatic rings. The monoisotopic (exact) mass is 207 g/mol. The van der Waals surface area contributed by atoms with Crippen LogP contribution in [-0.2, 0) is 0 Å². The van der Waals surface area contributed by atoms with E-state index in [1.165, 1.54) is 16.7 Å². The quantitative estimate of drug-likeness (QED) is 0.767. The predicted octanol–water partition coefficient (Wildman–Crippen LogP) is 3.56. The summed E-state index contributed by atoms with van der Waals surface area (Å²) in [5.74, 6) is 1.94. The van der Waals surface area contributed by atoms with Gasteiger partial charge >= 0.3 is 0 Å². The molecule has 0 fully saturated rings. The highest BCUT2D eigenvalue weighted by molar-refractivity contribution is 5.34. The van der Waals surface area contributed by atoms with E-state index in [4.69, 9.17) is 10.2 Å². The summed E-state index contributed by atoms with van der Waals surface area (Å²) < 4.78 is 5.57. The van der Waals surface area contributed by atoms with Crippen molar-refractivity contribution in [3.8, 4) is 0 Å². The average molecular weight is 207 g/mol. The zero-order valence-corrected chi connectivity index (χ0v) is 10.2. The first-order valence-corrected chi connectivity index (χ1v) is 5.40. The molecule has 0 radical (unpaired) electrons. The fourth-order valence-corrected chi connectivity index (χ4v) is 1.90. The van der Waals surface area contributed by atoms with Crippen LogP contribution in [0.15, 0.2) is 16.6 Å². The van der Waals surface area contributed by atoms with E-state index in [1.54, 1.807) is 0 Å². The lowest BCUT2D eigenvalue weighted by molar-refractivity contribution is 0.494. The highest BCUT2D eigenvalue weighted by atomic mass is 16.3. The number of aryl methyl sites for hydroxylation is 2. The van der Waals surface area contributed by atoms with E-state index < -0.39 is 0 Å². The Bertz CT molecular complexity index is 363. The Balaban J connectivity index is 2.81. The Morgan fingerprint density at radius 2 is 1.93 bits per heavy atom. The Labute approximate surface area is 92.2 Å². The third-order valence-electron chi connectivity index (χ3n) is 2.87. The molecule has 1 heterocycles. The molecule has 0 saturated carbocycles. The molecule has 0 amide bonds. The van der Waals surface area contributed by atoms with Gasteiger partial charge in [-0.05, 0) is 46.1 Å². The highest BCUT2D eigenvalue weighted by Gasteiger charge is 2.17. The summed E-state index contributed by atoms with van der Waals surface area (Å²) in [6, 6.07) is 0.0687. The molecule has 2 heteroatoms. The molecule has 0 aliphatic rings. The van der Waals surface area contributed by atoms with E-state index in [9.17, 15) is 0 Å². The first-order valence-electron chi connectivity index (χ1n) is 5.40. The van der Waals surface area contributed by atoms with E-state index in [-0.39, 0.29) is 6.04 Å². The fourth-order valence-electron chi connectivity index (χ4n) is 1.90. The number of allylic oxidation sites excluding steroid dienone is 1. The summed E-state index contributed by atoms with van der Waals surface area (Å²) in [6.07, 6.45) is 1.92. The van der Waals surface area contributed by atoms with E-state index in [2.05, 4.69) is 13.5 Å². The number of furan rings is 1. The van der Waals surface area contributed by atoms with Gasteiger partial charge in [-0.15, -0.1) is 6.58 Å². The van der Waals surface area contributed by atoms with E-state index in [0.29, 0.717) is 0 Å². The van der Waals surface area contributed by atoms with Crippen LogP contribution in [0.1, 0.15) is 48.5 Å². The minimum atomic E-state index is 0.0687. The second-order valence-corrected chi connectivity index (χ2v) is 4.36. The van der Waals surface area contributed by atoms with Crippen LogP contribution in [-0.4, -0.2) is 0 Å². The Kier molecular flexibility index (Phi) is 3.75. The van der Waals surface area contributed by atoms with Crippen LogP contribution in [0.4, 0.5) is 0 Å². The van der Waals surface area contributed by atoms with Gasteiger partial charge in [0.2, 0.25) is 0 Å². The number of rotatable bonds is 4. The third kappa shape index (κ3) is 2.72. The van der Waals surface area contributed by atoms with Gasteiger partial charge in [-0.25, -0.2) is 0 Å². The van der Waals surface area contributed by atoms with Crippen LogP contribution in [0.5, 0.6) is 0 Å². The van der Waals surface area contributed by atoms with Crippen LogP contribution in [0, 0.1) is 20.8 Å². The van der Waals surface area contributed by atoms with Crippen LogP contribution < -0.4 is 5.73 Å². The number of nitrogens with two attached hydrogens (primary N) is 1. The van der Waals surface area contributed by atoms with Gasteiger partial charge in [0.15, 0.2) is 0 Å². The molecule has 1 rings (SSSR count). The van der Waals surface area contributed by atoms with Crippen molar-refractivity contribution in [3.05, 3.63) is 34.8 Å². The van der Waals surface area contributed by atoms with Crippen molar-refractivity contribution in [3.63, 3.8) is 0 Å². The van der Waals surface area contributed by atoms with Crippen molar-refractivity contribution in [1.82, 2.24) is 0 Å². The molecule has 0 saturated heterocycles. The van der Waals surface area contributed by atoms with Crippen molar-refractivity contribution in [1.29, 1.82) is 0 Å². The fraction of sp³-hybridized carbons (Fsp3) is 0.538. The van der Waals surface area contributed by atoms with Gasteiger partial charge in [0.05, 0.1) is 0 Å². The third-order valence-corrected chi connectivity index (χ3v) is 2.87. The van der Waals surface area contributed by atoms with Gasteiger partial charge in [-0.2, -0.15) is 0 Å². The van der Waals surface area contributed by atoms with Crippen molar-refractivity contribution in [2.45, 2.75) is 46.6 Å². The molecular formula is C13H21NO. The largest absolute Gasteiger partial charge is 0.466 e. The molecule has 0 aliphatic heterocycles. The second kappa shape index (κ2) is 4.67. The summed E-state index contributed by atoms with van der Waals surface area (Å²) in [4.78, 5) is 0. The van der Waals surface area contributed by atoms with Crippen molar-refractivity contribution >= 4 is 0 Å².